The Balaban J connectivity index is 2.16. The van der Waals surface area contributed by atoms with Crippen LogP contribution in [0.5, 0.6) is 0 Å². The van der Waals surface area contributed by atoms with Crippen molar-refractivity contribution < 1.29 is 18.0 Å². The highest BCUT2D eigenvalue weighted by Crippen LogP contribution is 2.22. The maximum absolute atomic E-state index is 13.4. The molecule has 20 heavy (non-hydrogen) atoms. The largest absolute Gasteiger partial charge is 0.299 e. The highest BCUT2D eigenvalue weighted by atomic mass is 79.9. The molecule has 0 fully saturated rings. The highest BCUT2D eigenvalue weighted by molar-refractivity contribution is 9.10. The zero-order valence-corrected chi connectivity index (χ0v) is 11.9. The minimum Gasteiger partial charge on any atom is -0.299 e. The van der Waals surface area contributed by atoms with Crippen LogP contribution in [0.3, 0.4) is 0 Å². The Hall–Kier alpha value is -1.62. The summed E-state index contributed by atoms with van der Waals surface area (Å²) in [7, 11) is 0. The number of benzene rings is 2. The van der Waals surface area contributed by atoms with E-state index in [-0.39, 0.29) is 28.7 Å². The van der Waals surface area contributed by atoms with Gasteiger partial charge in [-0.25, -0.2) is 13.2 Å². The fourth-order valence-electron chi connectivity index (χ4n) is 1.86. The average Bonchev–Trinajstić information content (AvgIpc) is 2.39. The van der Waals surface area contributed by atoms with Crippen molar-refractivity contribution in [3.8, 4) is 0 Å². The van der Waals surface area contributed by atoms with Crippen molar-refractivity contribution in [1.82, 2.24) is 0 Å². The molecule has 5 heteroatoms. The molecule has 0 N–H and O–H groups in total. The fraction of sp³-hybridized carbons (Fsp3) is 0.133. The van der Waals surface area contributed by atoms with E-state index in [9.17, 15) is 18.0 Å². The molecular formula is C15H10BrF3O. The molecule has 0 aliphatic carbocycles. The lowest BCUT2D eigenvalue weighted by molar-refractivity contribution is -0.117. The number of ketones is 1. The Morgan fingerprint density at radius 1 is 0.900 bits per heavy atom. The summed E-state index contributed by atoms with van der Waals surface area (Å²) in [5.74, 6) is -2.37. The molecule has 2 aromatic rings. The SMILES string of the molecule is O=C(Cc1cccc(F)c1Br)Cc1c(F)cccc1F. The maximum Gasteiger partial charge on any atom is 0.141 e. The predicted octanol–water partition coefficient (Wildman–Crippen LogP) is 4.22. The van der Waals surface area contributed by atoms with E-state index in [2.05, 4.69) is 15.9 Å². The molecule has 2 aromatic carbocycles. The first-order valence-electron chi connectivity index (χ1n) is 5.86. The maximum atomic E-state index is 13.4. The second-order valence-electron chi connectivity index (χ2n) is 4.31. The molecule has 0 atom stereocenters. The first kappa shape index (κ1) is 14.8. The molecule has 0 bridgehead atoms. The van der Waals surface area contributed by atoms with E-state index in [1.807, 2.05) is 0 Å². The van der Waals surface area contributed by atoms with Gasteiger partial charge in [0.2, 0.25) is 0 Å². The molecule has 2 rings (SSSR count). The standard InChI is InChI=1S/C15H10BrF3O/c16-15-9(3-1-6-14(15)19)7-10(20)8-11-12(17)4-2-5-13(11)18/h1-6H,7-8H2. The number of rotatable bonds is 4. The quantitative estimate of drug-likeness (QED) is 0.812. The minimum atomic E-state index is -0.753. The van der Waals surface area contributed by atoms with Gasteiger partial charge < -0.3 is 0 Å². The van der Waals surface area contributed by atoms with Gasteiger partial charge >= 0.3 is 0 Å². The van der Waals surface area contributed by atoms with E-state index in [1.165, 1.54) is 18.2 Å². The molecule has 0 amide bonds. The van der Waals surface area contributed by atoms with E-state index < -0.39 is 17.5 Å². The van der Waals surface area contributed by atoms with Crippen LogP contribution in [0.15, 0.2) is 40.9 Å². The van der Waals surface area contributed by atoms with Crippen LogP contribution in [0.25, 0.3) is 0 Å². The number of Topliss-reactive ketones (excluding diaryl/α,β-unsaturated/α-hetero) is 1. The van der Waals surface area contributed by atoms with E-state index in [0.29, 0.717) is 5.56 Å². The van der Waals surface area contributed by atoms with Crippen molar-refractivity contribution in [2.45, 2.75) is 12.8 Å². The summed E-state index contributed by atoms with van der Waals surface area (Å²) in [5.41, 5.74) is 0.191. The number of carbonyl (C=O) groups excluding carboxylic acids is 1. The molecule has 0 saturated heterocycles. The van der Waals surface area contributed by atoms with Gasteiger partial charge in [0.25, 0.3) is 0 Å². The van der Waals surface area contributed by atoms with Gasteiger partial charge in [0.1, 0.15) is 23.2 Å². The summed E-state index contributed by atoms with van der Waals surface area (Å²) in [6.45, 7) is 0. The summed E-state index contributed by atoms with van der Waals surface area (Å²) >= 11 is 3.05. The van der Waals surface area contributed by atoms with Crippen LogP contribution in [-0.4, -0.2) is 5.78 Å². The minimum absolute atomic E-state index is 0.0912. The zero-order valence-electron chi connectivity index (χ0n) is 10.3. The van der Waals surface area contributed by atoms with E-state index in [0.717, 1.165) is 12.1 Å². The van der Waals surface area contributed by atoms with Crippen LogP contribution in [-0.2, 0) is 17.6 Å². The Morgan fingerprint density at radius 3 is 2.10 bits per heavy atom. The van der Waals surface area contributed by atoms with Crippen molar-refractivity contribution in [2.24, 2.45) is 0 Å². The van der Waals surface area contributed by atoms with Crippen molar-refractivity contribution in [1.29, 1.82) is 0 Å². The van der Waals surface area contributed by atoms with Crippen LogP contribution >= 0.6 is 15.9 Å². The lowest BCUT2D eigenvalue weighted by atomic mass is 10.0. The van der Waals surface area contributed by atoms with E-state index in [1.54, 1.807) is 6.07 Å². The first-order chi connectivity index (χ1) is 9.49. The number of hydrogen-bond donors (Lipinski definition) is 0. The number of carbonyl (C=O) groups is 1. The summed E-state index contributed by atoms with van der Waals surface area (Å²) in [6, 6.07) is 7.76. The highest BCUT2D eigenvalue weighted by Gasteiger charge is 2.15. The van der Waals surface area contributed by atoms with Gasteiger partial charge in [0.05, 0.1) is 4.47 Å². The third-order valence-corrected chi connectivity index (χ3v) is 3.74. The Kier molecular flexibility index (Phi) is 4.60. The zero-order chi connectivity index (χ0) is 14.7. The van der Waals surface area contributed by atoms with Crippen LogP contribution < -0.4 is 0 Å². The molecule has 0 saturated carbocycles. The lowest BCUT2D eigenvalue weighted by Crippen LogP contribution is -2.10. The topological polar surface area (TPSA) is 17.1 Å². The fourth-order valence-corrected chi connectivity index (χ4v) is 2.26. The molecular weight excluding hydrogens is 333 g/mol. The van der Waals surface area contributed by atoms with Crippen LogP contribution in [0.4, 0.5) is 13.2 Å². The summed E-state index contributed by atoms with van der Waals surface area (Å²) in [6.07, 6.45) is -0.451. The molecule has 0 spiro atoms. The molecule has 0 unspecified atom stereocenters. The lowest BCUT2D eigenvalue weighted by Gasteiger charge is -2.06. The van der Waals surface area contributed by atoms with Gasteiger partial charge in [-0.3, -0.25) is 4.79 Å². The van der Waals surface area contributed by atoms with Crippen molar-refractivity contribution in [2.75, 3.05) is 0 Å². The Bertz CT molecular complexity index is 635. The van der Waals surface area contributed by atoms with Gasteiger partial charge in [-0.05, 0) is 39.7 Å². The summed E-state index contributed by atoms with van der Waals surface area (Å²) < 4.78 is 40.4. The van der Waals surface area contributed by atoms with E-state index in [4.69, 9.17) is 0 Å². The van der Waals surface area contributed by atoms with Gasteiger partial charge in [0.15, 0.2) is 0 Å². The van der Waals surface area contributed by atoms with Gasteiger partial charge in [-0.2, -0.15) is 0 Å². The molecule has 0 radical (unpaired) electrons. The van der Waals surface area contributed by atoms with Crippen LogP contribution in [0, 0.1) is 17.5 Å². The molecule has 104 valence electrons. The average molecular weight is 343 g/mol. The van der Waals surface area contributed by atoms with Crippen molar-refractivity contribution in [3.63, 3.8) is 0 Å². The molecule has 0 heterocycles. The predicted molar refractivity (Wildman–Crippen MR) is 72.9 cm³/mol. The normalized spacial score (nSPS) is 10.6. The Labute approximate surface area is 122 Å². The van der Waals surface area contributed by atoms with Crippen LogP contribution in [0.2, 0.25) is 0 Å². The van der Waals surface area contributed by atoms with Gasteiger partial charge in [0, 0.05) is 18.4 Å². The van der Waals surface area contributed by atoms with Crippen molar-refractivity contribution in [3.05, 3.63) is 69.4 Å². The van der Waals surface area contributed by atoms with Crippen molar-refractivity contribution >= 4 is 21.7 Å². The smallest absolute Gasteiger partial charge is 0.141 e. The van der Waals surface area contributed by atoms with Gasteiger partial charge in [-0.1, -0.05) is 18.2 Å². The second kappa shape index (κ2) is 6.22. The molecule has 0 aromatic heterocycles. The molecule has 0 aliphatic rings. The Morgan fingerprint density at radius 2 is 1.45 bits per heavy atom. The summed E-state index contributed by atoms with van der Waals surface area (Å²) in [5, 5.41) is 0. The van der Waals surface area contributed by atoms with Crippen LogP contribution in [0.1, 0.15) is 11.1 Å². The second-order valence-corrected chi connectivity index (χ2v) is 5.10. The number of hydrogen-bond acceptors (Lipinski definition) is 1. The monoisotopic (exact) mass is 342 g/mol. The molecule has 0 aliphatic heterocycles. The third kappa shape index (κ3) is 3.28. The number of halogens is 4. The third-order valence-electron chi connectivity index (χ3n) is 2.85. The first-order valence-corrected chi connectivity index (χ1v) is 6.66. The summed E-state index contributed by atoms with van der Waals surface area (Å²) in [4.78, 5) is 11.9. The van der Waals surface area contributed by atoms with Gasteiger partial charge in [-0.15, -0.1) is 0 Å². The van der Waals surface area contributed by atoms with E-state index >= 15 is 0 Å². The molecule has 1 nitrogen and oxygen atoms in total.